The lowest BCUT2D eigenvalue weighted by atomic mass is 9.92. The first-order chi connectivity index (χ1) is 13.2. The third-order valence-corrected chi connectivity index (χ3v) is 5.43. The molecule has 2 fully saturated rings. The number of fused-ring (bicyclic) bond motifs is 2. The second kappa shape index (κ2) is 7.88. The maximum absolute atomic E-state index is 12.5. The van der Waals surface area contributed by atoms with Crippen LogP contribution >= 0.6 is 0 Å². The van der Waals surface area contributed by atoms with Gasteiger partial charge in [0.25, 0.3) is 0 Å². The van der Waals surface area contributed by atoms with Crippen LogP contribution in [-0.2, 0) is 0 Å². The van der Waals surface area contributed by atoms with Gasteiger partial charge < -0.3 is 9.64 Å². The van der Waals surface area contributed by atoms with Crippen LogP contribution in [0.2, 0.25) is 0 Å². The molecular weight excluding hydrogens is 340 g/mol. The molecule has 4 rings (SSSR count). The van der Waals surface area contributed by atoms with Crippen molar-refractivity contribution in [3.8, 4) is 5.75 Å². The number of benzene rings is 2. The fourth-order valence-electron chi connectivity index (χ4n) is 3.82. The van der Waals surface area contributed by atoms with Crippen LogP contribution in [-0.4, -0.2) is 48.1 Å². The fraction of sp³-hybridized carbons (Fsp3) is 0.381. The van der Waals surface area contributed by atoms with Gasteiger partial charge in [0.15, 0.2) is 0 Å². The number of piperazine rings is 1. The lowest BCUT2D eigenvalue weighted by Gasteiger charge is -2.47. The van der Waals surface area contributed by atoms with E-state index in [-0.39, 0.29) is 6.09 Å². The van der Waals surface area contributed by atoms with E-state index in [0.29, 0.717) is 23.5 Å². The molecule has 2 atom stereocenters. The van der Waals surface area contributed by atoms with E-state index in [1.807, 2.05) is 35.2 Å². The van der Waals surface area contributed by atoms with Crippen molar-refractivity contribution >= 4 is 17.5 Å². The topological polar surface area (TPSA) is 57.5 Å². The van der Waals surface area contributed by atoms with Gasteiger partial charge in [0, 0.05) is 25.2 Å². The number of likely N-dealkylation sites (tertiary alicyclic amines) is 1. The fourth-order valence-corrected chi connectivity index (χ4v) is 3.82. The molecule has 2 heterocycles. The third-order valence-electron chi connectivity index (χ3n) is 5.43. The summed E-state index contributed by atoms with van der Waals surface area (Å²) in [5.41, 5.74) is 1.52. The zero-order chi connectivity index (χ0) is 18.6. The van der Waals surface area contributed by atoms with Crippen LogP contribution < -0.4 is 4.74 Å². The summed E-state index contributed by atoms with van der Waals surface area (Å²) in [4.78, 5) is 16.8. The van der Waals surface area contributed by atoms with Crippen molar-refractivity contribution in [1.82, 2.24) is 9.80 Å². The van der Waals surface area contributed by atoms with Gasteiger partial charge in [-0.15, -0.1) is 0 Å². The number of carbonyl (C=O) groups excluding carboxylic acids is 1. The number of carbonyl (C=O) groups is 1. The normalized spacial score (nSPS) is 22.8. The molecule has 0 saturated carbocycles. The molecule has 0 N–H and O–H groups in total. The average Bonchev–Trinajstić information content (AvgIpc) is 2.68. The summed E-state index contributed by atoms with van der Waals surface area (Å²) in [6.07, 6.45) is 3.29. The SMILES string of the molecule is CN1C2CCCC1CN(C(=O)Oc1ccc(N=Nc3ccccc3)cc1)C2. The highest BCUT2D eigenvalue weighted by atomic mass is 16.6. The molecule has 0 aromatic heterocycles. The van der Waals surface area contributed by atoms with Crippen LogP contribution in [0.4, 0.5) is 16.2 Å². The average molecular weight is 364 g/mol. The van der Waals surface area contributed by atoms with E-state index in [1.165, 1.54) is 6.42 Å². The Labute approximate surface area is 159 Å². The van der Waals surface area contributed by atoms with Crippen LogP contribution in [0.5, 0.6) is 5.75 Å². The molecule has 0 radical (unpaired) electrons. The lowest BCUT2D eigenvalue weighted by Crippen LogP contribution is -2.60. The molecule has 0 spiro atoms. The van der Waals surface area contributed by atoms with Crippen molar-refractivity contribution in [2.75, 3.05) is 20.1 Å². The quantitative estimate of drug-likeness (QED) is 0.737. The monoisotopic (exact) mass is 364 g/mol. The van der Waals surface area contributed by atoms with E-state index in [0.717, 1.165) is 31.6 Å². The van der Waals surface area contributed by atoms with E-state index in [2.05, 4.69) is 22.2 Å². The van der Waals surface area contributed by atoms with Crippen LogP contribution in [0.3, 0.4) is 0 Å². The molecule has 2 saturated heterocycles. The highest BCUT2D eigenvalue weighted by Gasteiger charge is 2.37. The number of rotatable bonds is 3. The van der Waals surface area contributed by atoms with Crippen LogP contribution in [0.1, 0.15) is 19.3 Å². The Kier molecular flexibility index (Phi) is 5.16. The number of nitrogens with zero attached hydrogens (tertiary/aromatic N) is 4. The molecule has 2 aliphatic heterocycles. The van der Waals surface area contributed by atoms with Crippen LogP contribution in [0.25, 0.3) is 0 Å². The molecule has 6 nitrogen and oxygen atoms in total. The predicted molar refractivity (Wildman–Crippen MR) is 104 cm³/mol. The summed E-state index contributed by atoms with van der Waals surface area (Å²) < 4.78 is 5.57. The van der Waals surface area contributed by atoms with Gasteiger partial charge in [-0.1, -0.05) is 24.6 Å². The van der Waals surface area contributed by atoms with E-state index in [9.17, 15) is 4.79 Å². The Morgan fingerprint density at radius 1 is 0.926 bits per heavy atom. The van der Waals surface area contributed by atoms with Crippen molar-refractivity contribution in [2.45, 2.75) is 31.3 Å². The Morgan fingerprint density at radius 2 is 1.52 bits per heavy atom. The number of hydrogen-bond donors (Lipinski definition) is 0. The van der Waals surface area contributed by atoms with Crippen LogP contribution in [0.15, 0.2) is 64.8 Å². The van der Waals surface area contributed by atoms with Crippen molar-refractivity contribution in [3.05, 3.63) is 54.6 Å². The maximum atomic E-state index is 12.5. The minimum absolute atomic E-state index is 0.265. The predicted octanol–water partition coefficient (Wildman–Crippen LogP) is 4.77. The van der Waals surface area contributed by atoms with Crippen molar-refractivity contribution in [1.29, 1.82) is 0 Å². The molecular formula is C21H24N4O2. The molecule has 27 heavy (non-hydrogen) atoms. The molecule has 140 valence electrons. The summed E-state index contributed by atoms with van der Waals surface area (Å²) in [5, 5.41) is 8.39. The largest absolute Gasteiger partial charge is 0.415 e. The Bertz CT molecular complexity index is 793. The van der Waals surface area contributed by atoms with Gasteiger partial charge in [-0.25, -0.2) is 4.79 Å². The minimum Gasteiger partial charge on any atom is -0.410 e. The second-order valence-corrected chi connectivity index (χ2v) is 7.21. The summed E-state index contributed by atoms with van der Waals surface area (Å²) in [6.45, 7) is 1.49. The van der Waals surface area contributed by atoms with Gasteiger partial charge in [-0.3, -0.25) is 4.90 Å². The number of ether oxygens (including phenoxy) is 1. The first-order valence-electron chi connectivity index (χ1n) is 9.44. The Morgan fingerprint density at radius 3 is 2.15 bits per heavy atom. The van der Waals surface area contributed by atoms with Gasteiger partial charge >= 0.3 is 6.09 Å². The van der Waals surface area contributed by atoms with Crippen molar-refractivity contribution in [3.63, 3.8) is 0 Å². The van der Waals surface area contributed by atoms with Gasteiger partial charge in [-0.05, 0) is 56.3 Å². The van der Waals surface area contributed by atoms with E-state index in [4.69, 9.17) is 4.74 Å². The standard InChI is InChI=1S/C21H24N4O2/c1-24-18-8-5-9-19(24)15-25(14-18)21(26)27-20-12-10-17(11-13-20)23-22-16-6-3-2-4-7-16/h2-4,6-7,10-13,18-19H,5,8-9,14-15H2,1H3. The third kappa shape index (κ3) is 4.17. The zero-order valence-corrected chi connectivity index (χ0v) is 15.5. The summed E-state index contributed by atoms with van der Waals surface area (Å²) in [7, 11) is 2.17. The van der Waals surface area contributed by atoms with E-state index in [1.54, 1.807) is 24.3 Å². The highest BCUT2D eigenvalue weighted by molar-refractivity contribution is 5.71. The minimum atomic E-state index is -0.265. The van der Waals surface area contributed by atoms with Gasteiger partial charge in [0.1, 0.15) is 5.75 Å². The molecule has 0 aliphatic carbocycles. The van der Waals surface area contributed by atoms with Gasteiger partial charge in [-0.2, -0.15) is 10.2 Å². The summed E-state index contributed by atoms with van der Waals surface area (Å²) in [5.74, 6) is 0.530. The number of hydrogen-bond acceptors (Lipinski definition) is 5. The van der Waals surface area contributed by atoms with Gasteiger partial charge in [0.05, 0.1) is 11.4 Å². The summed E-state index contributed by atoms with van der Waals surface area (Å²) in [6, 6.07) is 17.6. The Balaban J connectivity index is 1.36. The molecule has 2 aliphatic rings. The number of amides is 1. The smallest absolute Gasteiger partial charge is 0.410 e. The van der Waals surface area contributed by atoms with Crippen molar-refractivity contribution < 1.29 is 9.53 Å². The molecule has 2 aromatic carbocycles. The van der Waals surface area contributed by atoms with E-state index >= 15 is 0 Å². The maximum Gasteiger partial charge on any atom is 0.415 e. The molecule has 2 bridgehead atoms. The molecule has 1 amide bonds. The van der Waals surface area contributed by atoms with Gasteiger partial charge in [0.2, 0.25) is 0 Å². The molecule has 6 heteroatoms. The Hall–Kier alpha value is -2.73. The number of likely N-dealkylation sites (N-methyl/N-ethyl adjacent to an activating group) is 1. The zero-order valence-electron chi connectivity index (χ0n) is 15.5. The lowest BCUT2D eigenvalue weighted by molar-refractivity contribution is 0.0168. The number of piperidine rings is 1. The molecule has 2 aromatic rings. The summed E-state index contributed by atoms with van der Waals surface area (Å²) >= 11 is 0. The molecule has 2 unspecified atom stereocenters. The van der Waals surface area contributed by atoms with Crippen molar-refractivity contribution in [2.24, 2.45) is 10.2 Å². The first-order valence-corrected chi connectivity index (χ1v) is 9.44. The second-order valence-electron chi connectivity index (χ2n) is 7.21. The number of azo groups is 1. The first kappa shape index (κ1) is 17.7. The van der Waals surface area contributed by atoms with E-state index < -0.39 is 0 Å². The van der Waals surface area contributed by atoms with Crippen LogP contribution in [0, 0.1) is 0 Å². The highest BCUT2D eigenvalue weighted by Crippen LogP contribution is 2.28.